The third kappa shape index (κ3) is 2.37. The first-order chi connectivity index (χ1) is 8.31. The van der Waals surface area contributed by atoms with Crippen LogP contribution in [0.3, 0.4) is 0 Å². The van der Waals surface area contributed by atoms with E-state index >= 15 is 0 Å². The highest BCUT2D eigenvalue weighted by molar-refractivity contribution is 5.79. The van der Waals surface area contributed by atoms with E-state index in [-0.39, 0.29) is 0 Å². The van der Waals surface area contributed by atoms with Crippen LogP contribution in [0.15, 0.2) is 30.5 Å². The summed E-state index contributed by atoms with van der Waals surface area (Å²) in [7, 11) is 0. The average Bonchev–Trinajstić information content (AvgIpc) is 2.79. The molecule has 0 amide bonds. The minimum absolute atomic E-state index is 0.915. The number of aromatic amines is 1. The summed E-state index contributed by atoms with van der Waals surface area (Å²) in [5, 5.41) is 1.33. The van der Waals surface area contributed by atoms with Crippen molar-refractivity contribution in [1.82, 2.24) is 9.88 Å². The first-order valence-corrected chi connectivity index (χ1v) is 6.59. The molecule has 0 radical (unpaired) electrons. The molecule has 1 aliphatic heterocycles. The number of H-pyrrole nitrogens is 1. The average molecular weight is 228 g/mol. The molecular weight excluding hydrogens is 208 g/mol. The number of fused-ring (bicyclic) bond motifs is 1. The highest BCUT2D eigenvalue weighted by Crippen LogP contribution is 2.20. The lowest BCUT2D eigenvalue weighted by atomic mass is 9.99. The van der Waals surface area contributed by atoms with Crippen molar-refractivity contribution >= 4 is 10.9 Å². The Labute approximate surface area is 103 Å². The van der Waals surface area contributed by atoms with Crippen molar-refractivity contribution in [3.63, 3.8) is 0 Å². The molecule has 2 nitrogen and oxygen atoms in total. The van der Waals surface area contributed by atoms with Crippen molar-refractivity contribution in [1.29, 1.82) is 0 Å². The molecule has 90 valence electrons. The van der Waals surface area contributed by atoms with E-state index in [1.807, 2.05) is 6.20 Å². The first kappa shape index (κ1) is 10.8. The van der Waals surface area contributed by atoms with Gasteiger partial charge in [0.15, 0.2) is 0 Å². The van der Waals surface area contributed by atoms with E-state index in [9.17, 15) is 0 Å². The minimum atomic E-state index is 0.915. The van der Waals surface area contributed by atoms with Gasteiger partial charge in [-0.1, -0.05) is 13.0 Å². The fourth-order valence-electron chi connectivity index (χ4n) is 2.68. The molecular formula is C15H20N2. The lowest BCUT2D eigenvalue weighted by Gasteiger charge is -2.30. The molecule has 0 spiro atoms. The Hall–Kier alpha value is -1.28. The van der Waals surface area contributed by atoms with Crippen LogP contribution in [0.2, 0.25) is 0 Å². The SMILES string of the molecule is CC1CCN(Cc2ccc3[nH]ccc3c2)CC1. The molecule has 1 aromatic carbocycles. The minimum Gasteiger partial charge on any atom is -0.361 e. The van der Waals surface area contributed by atoms with Crippen LogP contribution in [-0.4, -0.2) is 23.0 Å². The smallest absolute Gasteiger partial charge is 0.0454 e. The molecule has 2 aromatic rings. The van der Waals surface area contributed by atoms with Gasteiger partial charge in [0.05, 0.1) is 0 Å². The maximum absolute atomic E-state index is 3.24. The van der Waals surface area contributed by atoms with Crippen molar-refractivity contribution < 1.29 is 0 Å². The lowest BCUT2D eigenvalue weighted by Crippen LogP contribution is -2.32. The van der Waals surface area contributed by atoms with E-state index < -0.39 is 0 Å². The topological polar surface area (TPSA) is 19.0 Å². The number of hydrogen-bond donors (Lipinski definition) is 1. The molecule has 1 aromatic heterocycles. The van der Waals surface area contributed by atoms with Gasteiger partial charge in [0.2, 0.25) is 0 Å². The summed E-state index contributed by atoms with van der Waals surface area (Å²) in [5.74, 6) is 0.915. The van der Waals surface area contributed by atoms with Gasteiger partial charge in [-0.05, 0) is 61.0 Å². The molecule has 1 N–H and O–H groups in total. The lowest BCUT2D eigenvalue weighted by molar-refractivity contribution is 0.185. The predicted octanol–water partition coefficient (Wildman–Crippen LogP) is 3.40. The Bertz CT molecular complexity index is 492. The van der Waals surface area contributed by atoms with E-state index in [4.69, 9.17) is 0 Å². The van der Waals surface area contributed by atoms with Crippen LogP contribution in [0.4, 0.5) is 0 Å². The highest BCUT2D eigenvalue weighted by Gasteiger charge is 2.15. The molecule has 0 unspecified atom stereocenters. The van der Waals surface area contributed by atoms with Gasteiger partial charge in [0.1, 0.15) is 0 Å². The fourth-order valence-corrected chi connectivity index (χ4v) is 2.68. The number of nitrogens with one attached hydrogen (secondary N) is 1. The van der Waals surface area contributed by atoms with Crippen LogP contribution in [0.25, 0.3) is 10.9 Å². The normalized spacial score (nSPS) is 18.9. The number of benzene rings is 1. The van der Waals surface area contributed by atoms with E-state index in [1.165, 1.54) is 42.4 Å². The molecule has 0 bridgehead atoms. The third-order valence-electron chi connectivity index (χ3n) is 3.90. The van der Waals surface area contributed by atoms with Crippen LogP contribution in [-0.2, 0) is 6.54 Å². The van der Waals surface area contributed by atoms with Crippen molar-refractivity contribution in [3.8, 4) is 0 Å². The van der Waals surface area contributed by atoms with Crippen molar-refractivity contribution in [2.24, 2.45) is 5.92 Å². The second kappa shape index (κ2) is 4.53. The van der Waals surface area contributed by atoms with Gasteiger partial charge >= 0.3 is 0 Å². The molecule has 2 heteroatoms. The number of piperidine rings is 1. The van der Waals surface area contributed by atoms with Gasteiger partial charge < -0.3 is 4.98 Å². The number of rotatable bonds is 2. The summed E-state index contributed by atoms with van der Waals surface area (Å²) in [6.45, 7) is 5.98. The molecule has 3 rings (SSSR count). The largest absolute Gasteiger partial charge is 0.361 e. The zero-order chi connectivity index (χ0) is 11.7. The summed E-state index contributed by atoms with van der Waals surface area (Å²) in [6.07, 6.45) is 4.72. The second-order valence-corrected chi connectivity index (χ2v) is 5.36. The van der Waals surface area contributed by atoms with Crippen molar-refractivity contribution in [2.75, 3.05) is 13.1 Å². The number of nitrogens with zero attached hydrogens (tertiary/aromatic N) is 1. The van der Waals surface area contributed by atoms with Crippen molar-refractivity contribution in [3.05, 3.63) is 36.0 Å². The van der Waals surface area contributed by atoms with Gasteiger partial charge in [0.25, 0.3) is 0 Å². The molecule has 1 saturated heterocycles. The van der Waals surface area contributed by atoms with E-state index in [1.54, 1.807) is 0 Å². The molecule has 17 heavy (non-hydrogen) atoms. The van der Waals surface area contributed by atoms with Gasteiger partial charge in [-0.3, -0.25) is 4.90 Å². The molecule has 0 atom stereocenters. The fraction of sp³-hybridized carbons (Fsp3) is 0.467. The molecule has 0 saturated carbocycles. The Morgan fingerprint density at radius 3 is 2.88 bits per heavy atom. The molecule has 2 heterocycles. The highest BCUT2D eigenvalue weighted by atomic mass is 15.1. The number of hydrogen-bond acceptors (Lipinski definition) is 1. The van der Waals surface area contributed by atoms with Crippen LogP contribution < -0.4 is 0 Å². The summed E-state index contributed by atoms with van der Waals surface area (Å²) in [5.41, 5.74) is 2.67. The number of likely N-dealkylation sites (tertiary alicyclic amines) is 1. The maximum Gasteiger partial charge on any atom is 0.0454 e. The summed E-state index contributed by atoms with van der Waals surface area (Å²) in [6, 6.07) is 8.90. The summed E-state index contributed by atoms with van der Waals surface area (Å²) in [4.78, 5) is 5.82. The maximum atomic E-state index is 3.24. The van der Waals surface area contributed by atoms with Gasteiger partial charge in [-0.2, -0.15) is 0 Å². The first-order valence-electron chi connectivity index (χ1n) is 6.59. The van der Waals surface area contributed by atoms with Crippen LogP contribution in [0.1, 0.15) is 25.3 Å². The van der Waals surface area contributed by atoms with E-state index in [2.05, 4.69) is 41.1 Å². The van der Waals surface area contributed by atoms with Gasteiger partial charge in [0, 0.05) is 18.3 Å². The number of aromatic nitrogens is 1. The second-order valence-electron chi connectivity index (χ2n) is 5.36. The van der Waals surface area contributed by atoms with Crippen molar-refractivity contribution in [2.45, 2.75) is 26.3 Å². The van der Waals surface area contributed by atoms with Crippen LogP contribution in [0, 0.1) is 5.92 Å². The predicted molar refractivity (Wildman–Crippen MR) is 72.0 cm³/mol. The summed E-state index contributed by atoms with van der Waals surface area (Å²) < 4.78 is 0. The zero-order valence-electron chi connectivity index (χ0n) is 10.4. The summed E-state index contributed by atoms with van der Waals surface area (Å²) >= 11 is 0. The molecule has 0 aliphatic carbocycles. The Kier molecular flexibility index (Phi) is 2.89. The zero-order valence-corrected chi connectivity index (χ0v) is 10.4. The van der Waals surface area contributed by atoms with Gasteiger partial charge in [-0.25, -0.2) is 0 Å². The van der Waals surface area contributed by atoms with E-state index in [0.717, 1.165) is 12.5 Å². The Morgan fingerprint density at radius 1 is 1.24 bits per heavy atom. The third-order valence-corrected chi connectivity index (χ3v) is 3.90. The monoisotopic (exact) mass is 228 g/mol. The van der Waals surface area contributed by atoms with E-state index in [0.29, 0.717) is 0 Å². The Morgan fingerprint density at radius 2 is 2.06 bits per heavy atom. The van der Waals surface area contributed by atoms with Crippen LogP contribution in [0.5, 0.6) is 0 Å². The van der Waals surface area contributed by atoms with Gasteiger partial charge in [-0.15, -0.1) is 0 Å². The molecule has 1 aliphatic rings. The standard InChI is InChI=1S/C15H20N2/c1-12-5-8-17(9-6-12)11-13-2-3-15-14(10-13)4-7-16-15/h2-4,7,10,12,16H,5-6,8-9,11H2,1H3. The van der Waals surface area contributed by atoms with Crippen LogP contribution >= 0.6 is 0 Å². The Balaban J connectivity index is 1.71. The molecule has 1 fully saturated rings. The quantitative estimate of drug-likeness (QED) is 0.834.